The third-order valence-electron chi connectivity index (χ3n) is 3.24. The van der Waals surface area contributed by atoms with Crippen molar-refractivity contribution in [3.05, 3.63) is 24.0 Å². The van der Waals surface area contributed by atoms with E-state index < -0.39 is 0 Å². The number of aryl methyl sites for hydroxylation is 1. The summed E-state index contributed by atoms with van der Waals surface area (Å²) in [6.07, 6.45) is 1.95. The summed E-state index contributed by atoms with van der Waals surface area (Å²) in [5.74, 6) is 0. The summed E-state index contributed by atoms with van der Waals surface area (Å²) in [5.41, 5.74) is 2.25. The lowest BCUT2D eigenvalue weighted by atomic mass is 10.2. The number of hydrogen-bond donors (Lipinski definition) is 0. The largest absolute Gasteiger partial charge is 0.378 e. The molecule has 4 heteroatoms. The molecule has 94 valence electrons. The summed E-state index contributed by atoms with van der Waals surface area (Å²) >= 11 is 0. The van der Waals surface area contributed by atoms with Gasteiger partial charge in [0.15, 0.2) is 0 Å². The van der Waals surface area contributed by atoms with Gasteiger partial charge in [-0.3, -0.25) is 4.98 Å². The second-order valence-electron chi connectivity index (χ2n) is 4.80. The number of ether oxygens (including phenoxy) is 1. The average molecular weight is 235 g/mol. The average Bonchev–Trinajstić information content (AvgIpc) is 2.55. The normalized spacial score (nSPS) is 21.6. The summed E-state index contributed by atoms with van der Waals surface area (Å²) < 4.78 is 5.64. The molecule has 0 aliphatic carbocycles. The van der Waals surface area contributed by atoms with Crippen molar-refractivity contribution in [1.29, 1.82) is 0 Å². The van der Waals surface area contributed by atoms with E-state index in [-0.39, 0.29) is 0 Å². The molecule has 1 atom stereocenters. The summed E-state index contributed by atoms with van der Waals surface area (Å²) in [5, 5.41) is 0. The highest BCUT2D eigenvalue weighted by atomic mass is 16.5. The van der Waals surface area contributed by atoms with Gasteiger partial charge in [0, 0.05) is 24.8 Å². The van der Waals surface area contributed by atoms with Gasteiger partial charge >= 0.3 is 0 Å². The highest BCUT2D eigenvalue weighted by molar-refractivity contribution is 5.44. The third kappa shape index (κ3) is 3.17. The minimum Gasteiger partial charge on any atom is -0.378 e. The zero-order valence-corrected chi connectivity index (χ0v) is 10.9. The number of likely N-dealkylation sites (N-methyl/N-ethyl adjacent to an activating group) is 1. The fraction of sp³-hybridized carbons (Fsp3) is 0.615. The Hall–Kier alpha value is -1.13. The van der Waals surface area contributed by atoms with Crippen molar-refractivity contribution in [1.82, 2.24) is 9.88 Å². The van der Waals surface area contributed by atoms with Crippen molar-refractivity contribution < 1.29 is 4.74 Å². The first-order chi connectivity index (χ1) is 8.16. The van der Waals surface area contributed by atoms with Gasteiger partial charge in [-0.2, -0.15) is 0 Å². The molecule has 2 heterocycles. The Bertz CT molecular complexity index is 350. The van der Waals surface area contributed by atoms with Gasteiger partial charge in [-0.15, -0.1) is 0 Å². The number of hydrogen-bond acceptors (Lipinski definition) is 4. The first-order valence-electron chi connectivity index (χ1n) is 6.08. The molecule has 0 amide bonds. The van der Waals surface area contributed by atoms with Crippen LogP contribution in [0.1, 0.15) is 5.69 Å². The second kappa shape index (κ2) is 5.47. The Labute approximate surface area is 103 Å². The SMILES string of the molecule is Cc1ccc(N2CCOC[C@H](N(C)C)C2)cn1. The van der Waals surface area contributed by atoms with Gasteiger partial charge in [-0.25, -0.2) is 0 Å². The van der Waals surface area contributed by atoms with Crippen LogP contribution in [0.15, 0.2) is 18.3 Å². The molecule has 0 spiro atoms. The van der Waals surface area contributed by atoms with E-state index >= 15 is 0 Å². The van der Waals surface area contributed by atoms with Crippen LogP contribution >= 0.6 is 0 Å². The monoisotopic (exact) mass is 235 g/mol. The summed E-state index contributed by atoms with van der Waals surface area (Å²) in [7, 11) is 4.20. The Balaban J connectivity index is 2.10. The number of pyridine rings is 1. The van der Waals surface area contributed by atoms with E-state index in [1.54, 1.807) is 0 Å². The minimum atomic E-state index is 0.443. The smallest absolute Gasteiger partial charge is 0.0642 e. The van der Waals surface area contributed by atoms with Crippen molar-refractivity contribution in [3.63, 3.8) is 0 Å². The van der Waals surface area contributed by atoms with Crippen LogP contribution in [0.25, 0.3) is 0 Å². The van der Waals surface area contributed by atoms with Gasteiger partial charge in [0.2, 0.25) is 0 Å². The third-order valence-corrected chi connectivity index (χ3v) is 3.24. The quantitative estimate of drug-likeness (QED) is 0.769. The second-order valence-corrected chi connectivity index (χ2v) is 4.80. The van der Waals surface area contributed by atoms with Gasteiger partial charge < -0.3 is 14.5 Å². The van der Waals surface area contributed by atoms with Crippen molar-refractivity contribution in [2.45, 2.75) is 13.0 Å². The molecule has 0 bridgehead atoms. The molecule has 1 aromatic heterocycles. The lowest BCUT2D eigenvalue weighted by Crippen LogP contribution is -2.41. The topological polar surface area (TPSA) is 28.6 Å². The van der Waals surface area contributed by atoms with E-state index in [4.69, 9.17) is 4.74 Å². The van der Waals surface area contributed by atoms with Crippen LogP contribution in [-0.2, 0) is 4.74 Å². The zero-order chi connectivity index (χ0) is 12.3. The maximum absolute atomic E-state index is 5.64. The van der Waals surface area contributed by atoms with Crippen molar-refractivity contribution in [2.75, 3.05) is 45.3 Å². The maximum atomic E-state index is 5.64. The molecule has 4 nitrogen and oxygen atoms in total. The molecule has 0 N–H and O–H groups in total. The highest BCUT2D eigenvalue weighted by Crippen LogP contribution is 2.16. The van der Waals surface area contributed by atoms with Crippen molar-refractivity contribution in [2.24, 2.45) is 0 Å². The molecular formula is C13H21N3O. The Kier molecular flexibility index (Phi) is 3.97. The summed E-state index contributed by atoms with van der Waals surface area (Å²) in [6, 6.07) is 4.64. The van der Waals surface area contributed by atoms with Crippen LogP contribution < -0.4 is 4.90 Å². The van der Waals surface area contributed by atoms with Crippen LogP contribution in [0.5, 0.6) is 0 Å². The fourth-order valence-corrected chi connectivity index (χ4v) is 1.99. The Morgan fingerprint density at radius 2 is 2.24 bits per heavy atom. The lowest BCUT2D eigenvalue weighted by Gasteiger charge is -2.28. The molecule has 0 aromatic carbocycles. The minimum absolute atomic E-state index is 0.443. The van der Waals surface area contributed by atoms with Gasteiger partial charge in [0.05, 0.1) is 25.1 Å². The molecule has 1 fully saturated rings. The summed E-state index contributed by atoms with van der Waals surface area (Å²) in [4.78, 5) is 8.93. The molecule has 1 aliphatic heterocycles. The molecule has 1 saturated heterocycles. The van der Waals surface area contributed by atoms with Gasteiger partial charge in [-0.05, 0) is 33.2 Å². The highest BCUT2D eigenvalue weighted by Gasteiger charge is 2.20. The van der Waals surface area contributed by atoms with Crippen LogP contribution in [0.3, 0.4) is 0 Å². The maximum Gasteiger partial charge on any atom is 0.0642 e. The molecule has 2 rings (SSSR count). The van der Waals surface area contributed by atoms with Gasteiger partial charge in [0.1, 0.15) is 0 Å². The van der Waals surface area contributed by atoms with Crippen LogP contribution in [0.4, 0.5) is 5.69 Å². The lowest BCUT2D eigenvalue weighted by molar-refractivity contribution is 0.103. The standard InChI is InChI=1S/C13H21N3O/c1-11-4-5-12(8-14-11)16-6-7-17-10-13(9-16)15(2)3/h4-5,8,13H,6-7,9-10H2,1-3H3/t13-/m1/s1. The summed E-state index contributed by atoms with van der Waals surface area (Å²) in [6.45, 7) is 5.55. The van der Waals surface area contributed by atoms with E-state index in [1.807, 2.05) is 13.1 Å². The number of anilines is 1. The first-order valence-corrected chi connectivity index (χ1v) is 6.08. The van der Waals surface area contributed by atoms with E-state index in [9.17, 15) is 0 Å². The number of rotatable bonds is 2. The number of nitrogens with zero attached hydrogens (tertiary/aromatic N) is 3. The Morgan fingerprint density at radius 3 is 2.88 bits per heavy atom. The van der Waals surface area contributed by atoms with E-state index in [0.29, 0.717) is 6.04 Å². The van der Waals surface area contributed by atoms with Crippen molar-refractivity contribution in [3.8, 4) is 0 Å². The predicted octanol–water partition coefficient (Wildman–Crippen LogP) is 1.16. The Morgan fingerprint density at radius 1 is 1.41 bits per heavy atom. The molecule has 17 heavy (non-hydrogen) atoms. The van der Waals surface area contributed by atoms with Crippen LogP contribution in [0.2, 0.25) is 0 Å². The van der Waals surface area contributed by atoms with E-state index in [1.165, 1.54) is 5.69 Å². The van der Waals surface area contributed by atoms with Crippen LogP contribution in [-0.4, -0.2) is 56.3 Å². The molecule has 1 aliphatic rings. The van der Waals surface area contributed by atoms with E-state index in [0.717, 1.165) is 32.0 Å². The van der Waals surface area contributed by atoms with Crippen LogP contribution in [0, 0.1) is 6.92 Å². The predicted molar refractivity (Wildman–Crippen MR) is 69.5 cm³/mol. The zero-order valence-electron chi connectivity index (χ0n) is 10.9. The van der Waals surface area contributed by atoms with Gasteiger partial charge in [0.25, 0.3) is 0 Å². The molecule has 0 saturated carbocycles. The molecular weight excluding hydrogens is 214 g/mol. The molecule has 1 aromatic rings. The number of aromatic nitrogens is 1. The van der Waals surface area contributed by atoms with E-state index in [2.05, 4.69) is 41.0 Å². The first kappa shape index (κ1) is 12.3. The fourth-order valence-electron chi connectivity index (χ4n) is 1.99. The molecule has 0 unspecified atom stereocenters. The van der Waals surface area contributed by atoms with Gasteiger partial charge in [-0.1, -0.05) is 0 Å². The molecule has 0 radical (unpaired) electrons. The van der Waals surface area contributed by atoms with Crippen molar-refractivity contribution >= 4 is 5.69 Å².